The highest BCUT2D eigenvalue weighted by Crippen LogP contribution is 2.27. The summed E-state index contributed by atoms with van der Waals surface area (Å²) < 4.78 is 12.9. The third-order valence-electron chi connectivity index (χ3n) is 4.67. The molecule has 138 valence electrons. The van der Waals surface area contributed by atoms with Crippen molar-refractivity contribution in [3.63, 3.8) is 0 Å². The third-order valence-corrected chi connectivity index (χ3v) is 4.67. The first-order chi connectivity index (χ1) is 12.8. The number of esters is 1. The van der Waals surface area contributed by atoms with Crippen LogP contribution in [0.15, 0.2) is 49.1 Å². The Bertz CT molecular complexity index is 718. The van der Waals surface area contributed by atoms with E-state index in [1.165, 1.54) is 32.1 Å². The monoisotopic (exact) mass is 354 g/mol. The summed E-state index contributed by atoms with van der Waals surface area (Å²) in [5, 5.41) is 4.45. The molecule has 2 aromatic rings. The standard InChI is InChI=1S/C21H26N2O3/c1-2-13-25-21(24)19-14-20(26-16-18-11-7-4-8-12-18)23(22-19)15-17-9-5-3-6-10-17/h2,4,7-8,11-12,14,17H,1,3,5-6,9-10,13,15-16H2. The van der Waals surface area contributed by atoms with E-state index in [2.05, 4.69) is 11.7 Å². The van der Waals surface area contributed by atoms with E-state index >= 15 is 0 Å². The van der Waals surface area contributed by atoms with Gasteiger partial charge >= 0.3 is 5.97 Å². The molecule has 3 rings (SSSR count). The van der Waals surface area contributed by atoms with Crippen LogP contribution in [0.25, 0.3) is 0 Å². The Balaban J connectivity index is 1.73. The van der Waals surface area contributed by atoms with Gasteiger partial charge in [-0.25, -0.2) is 9.48 Å². The van der Waals surface area contributed by atoms with Crippen molar-refractivity contribution in [1.82, 2.24) is 9.78 Å². The molecule has 1 fully saturated rings. The van der Waals surface area contributed by atoms with Gasteiger partial charge in [0.25, 0.3) is 0 Å². The van der Waals surface area contributed by atoms with Gasteiger partial charge in [-0.2, -0.15) is 5.10 Å². The van der Waals surface area contributed by atoms with Gasteiger partial charge in [-0.3, -0.25) is 0 Å². The molecule has 1 saturated carbocycles. The number of hydrogen-bond acceptors (Lipinski definition) is 4. The predicted molar refractivity (Wildman–Crippen MR) is 100 cm³/mol. The minimum atomic E-state index is -0.447. The highest BCUT2D eigenvalue weighted by Gasteiger charge is 2.20. The van der Waals surface area contributed by atoms with Gasteiger partial charge in [0.05, 0.1) is 0 Å². The van der Waals surface area contributed by atoms with Gasteiger partial charge in [-0.05, 0) is 24.3 Å². The van der Waals surface area contributed by atoms with Gasteiger partial charge in [0.2, 0.25) is 5.88 Å². The average molecular weight is 354 g/mol. The summed E-state index contributed by atoms with van der Waals surface area (Å²) in [5.74, 6) is 0.751. The molecule has 26 heavy (non-hydrogen) atoms. The molecule has 0 saturated heterocycles. The largest absolute Gasteiger partial charge is 0.473 e. The van der Waals surface area contributed by atoms with Crippen molar-refractivity contribution in [2.75, 3.05) is 6.61 Å². The molecule has 0 bridgehead atoms. The Morgan fingerprint density at radius 1 is 1.23 bits per heavy atom. The number of ether oxygens (including phenoxy) is 2. The minimum Gasteiger partial charge on any atom is -0.473 e. The van der Waals surface area contributed by atoms with E-state index in [9.17, 15) is 4.79 Å². The molecule has 0 N–H and O–H groups in total. The molecule has 0 aliphatic heterocycles. The molecular formula is C21H26N2O3. The zero-order valence-electron chi connectivity index (χ0n) is 15.1. The van der Waals surface area contributed by atoms with Crippen molar-refractivity contribution in [2.24, 2.45) is 5.92 Å². The Morgan fingerprint density at radius 3 is 2.73 bits per heavy atom. The van der Waals surface area contributed by atoms with Crippen molar-refractivity contribution in [1.29, 1.82) is 0 Å². The molecule has 1 aliphatic carbocycles. The number of aromatic nitrogens is 2. The Labute approximate surface area is 154 Å². The van der Waals surface area contributed by atoms with Crippen LogP contribution < -0.4 is 4.74 Å². The Hall–Kier alpha value is -2.56. The highest BCUT2D eigenvalue weighted by molar-refractivity contribution is 5.87. The summed E-state index contributed by atoms with van der Waals surface area (Å²) in [6, 6.07) is 11.6. The van der Waals surface area contributed by atoms with Gasteiger partial charge in [-0.15, -0.1) is 0 Å². The number of carbonyl (C=O) groups is 1. The van der Waals surface area contributed by atoms with Crippen LogP contribution in [-0.4, -0.2) is 22.4 Å². The summed E-state index contributed by atoms with van der Waals surface area (Å²) in [7, 11) is 0. The van der Waals surface area contributed by atoms with Crippen molar-refractivity contribution in [3.05, 3.63) is 60.3 Å². The molecule has 1 aromatic carbocycles. The average Bonchev–Trinajstić information content (AvgIpc) is 3.09. The summed E-state index contributed by atoms with van der Waals surface area (Å²) in [5.41, 5.74) is 1.36. The van der Waals surface area contributed by atoms with Crippen LogP contribution in [-0.2, 0) is 17.9 Å². The zero-order chi connectivity index (χ0) is 18.2. The van der Waals surface area contributed by atoms with Crippen LogP contribution in [0, 0.1) is 5.92 Å². The van der Waals surface area contributed by atoms with Crippen LogP contribution in [0.1, 0.15) is 48.2 Å². The quantitative estimate of drug-likeness (QED) is 0.521. The van der Waals surface area contributed by atoms with Crippen molar-refractivity contribution in [3.8, 4) is 5.88 Å². The fourth-order valence-electron chi connectivity index (χ4n) is 3.30. The Kier molecular flexibility index (Phi) is 6.47. The zero-order valence-corrected chi connectivity index (χ0v) is 15.1. The number of carbonyl (C=O) groups excluding carboxylic acids is 1. The number of benzene rings is 1. The van der Waals surface area contributed by atoms with E-state index in [4.69, 9.17) is 9.47 Å². The molecule has 5 nitrogen and oxygen atoms in total. The lowest BCUT2D eigenvalue weighted by atomic mass is 9.89. The maximum atomic E-state index is 12.1. The van der Waals surface area contributed by atoms with Crippen molar-refractivity contribution < 1.29 is 14.3 Å². The maximum absolute atomic E-state index is 12.1. The lowest BCUT2D eigenvalue weighted by Crippen LogP contribution is -2.17. The lowest BCUT2D eigenvalue weighted by molar-refractivity contribution is 0.0541. The van der Waals surface area contributed by atoms with E-state index in [-0.39, 0.29) is 12.3 Å². The summed E-state index contributed by atoms with van der Waals surface area (Å²) in [4.78, 5) is 12.1. The third kappa shape index (κ3) is 4.97. The summed E-state index contributed by atoms with van der Waals surface area (Å²) >= 11 is 0. The molecule has 0 spiro atoms. The highest BCUT2D eigenvalue weighted by atomic mass is 16.5. The fourth-order valence-corrected chi connectivity index (χ4v) is 3.30. The second-order valence-corrected chi connectivity index (χ2v) is 6.72. The first-order valence-corrected chi connectivity index (χ1v) is 9.29. The molecule has 1 aliphatic rings. The normalized spacial score (nSPS) is 14.8. The number of hydrogen-bond donors (Lipinski definition) is 0. The first-order valence-electron chi connectivity index (χ1n) is 9.29. The van der Waals surface area contributed by atoms with Crippen LogP contribution >= 0.6 is 0 Å². The molecule has 0 radical (unpaired) electrons. The van der Waals surface area contributed by atoms with Crippen molar-refractivity contribution >= 4 is 5.97 Å². The number of nitrogens with zero attached hydrogens (tertiary/aromatic N) is 2. The van der Waals surface area contributed by atoms with E-state index in [1.807, 2.05) is 35.0 Å². The van der Waals surface area contributed by atoms with Gasteiger partial charge < -0.3 is 9.47 Å². The molecule has 1 aromatic heterocycles. The van der Waals surface area contributed by atoms with Crippen LogP contribution in [0.2, 0.25) is 0 Å². The smallest absolute Gasteiger partial charge is 0.359 e. The minimum absolute atomic E-state index is 0.175. The predicted octanol–water partition coefficient (Wildman–Crippen LogP) is 4.39. The van der Waals surface area contributed by atoms with Crippen LogP contribution in [0.4, 0.5) is 0 Å². The van der Waals surface area contributed by atoms with Gasteiger partial charge in [-0.1, -0.05) is 62.2 Å². The molecular weight excluding hydrogens is 328 g/mol. The molecule has 0 atom stereocenters. The van der Waals surface area contributed by atoms with Gasteiger partial charge in [0.15, 0.2) is 5.69 Å². The van der Waals surface area contributed by atoms with Crippen LogP contribution in [0.3, 0.4) is 0 Å². The lowest BCUT2D eigenvalue weighted by Gasteiger charge is -2.22. The molecule has 0 amide bonds. The van der Waals surface area contributed by atoms with E-state index < -0.39 is 5.97 Å². The van der Waals surface area contributed by atoms with Gasteiger partial charge in [0.1, 0.15) is 13.2 Å². The number of rotatable bonds is 8. The van der Waals surface area contributed by atoms with Crippen LogP contribution in [0.5, 0.6) is 5.88 Å². The molecule has 0 unspecified atom stereocenters. The SMILES string of the molecule is C=CCOC(=O)c1cc(OCc2ccccc2)n(CC2CCCCC2)n1. The van der Waals surface area contributed by atoms with Crippen molar-refractivity contribution in [2.45, 2.75) is 45.3 Å². The van der Waals surface area contributed by atoms with E-state index in [1.54, 1.807) is 12.1 Å². The first kappa shape index (κ1) is 18.2. The summed E-state index contributed by atoms with van der Waals surface area (Å²) in [6.07, 6.45) is 7.79. The van der Waals surface area contributed by atoms with E-state index in [0.717, 1.165) is 12.1 Å². The second kappa shape index (κ2) is 9.22. The molecule has 1 heterocycles. The van der Waals surface area contributed by atoms with Gasteiger partial charge in [0, 0.05) is 12.6 Å². The topological polar surface area (TPSA) is 53.4 Å². The Morgan fingerprint density at radius 2 is 2.00 bits per heavy atom. The fraction of sp³-hybridized carbons (Fsp3) is 0.429. The second-order valence-electron chi connectivity index (χ2n) is 6.72. The maximum Gasteiger partial charge on any atom is 0.359 e. The summed E-state index contributed by atoms with van der Waals surface area (Å²) in [6.45, 7) is 4.96. The molecule has 5 heteroatoms. The van der Waals surface area contributed by atoms with E-state index in [0.29, 0.717) is 18.4 Å².